The molecule has 146 valence electrons. The third kappa shape index (κ3) is 3.80. The van der Waals surface area contributed by atoms with Gasteiger partial charge in [-0.25, -0.2) is 8.42 Å². The van der Waals surface area contributed by atoms with Crippen molar-refractivity contribution in [3.63, 3.8) is 0 Å². The van der Waals surface area contributed by atoms with Crippen LogP contribution < -0.4 is 4.90 Å². The molecular weight excluding hydrogens is 392 g/mol. The van der Waals surface area contributed by atoms with Crippen molar-refractivity contribution in [3.05, 3.63) is 60.4 Å². The van der Waals surface area contributed by atoms with Gasteiger partial charge in [-0.2, -0.15) is 14.5 Å². The van der Waals surface area contributed by atoms with Gasteiger partial charge in [0.05, 0.1) is 12.4 Å². The van der Waals surface area contributed by atoms with E-state index in [2.05, 4.69) is 34.2 Å². The Morgan fingerprint density at radius 2 is 1.82 bits per heavy atom. The molecule has 0 bridgehead atoms. The number of sulfonamides is 1. The highest BCUT2D eigenvalue weighted by Crippen LogP contribution is 2.32. The van der Waals surface area contributed by atoms with Gasteiger partial charge in [-0.3, -0.25) is 0 Å². The summed E-state index contributed by atoms with van der Waals surface area (Å²) in [5.41, 5.74) is 3.28. The Labute approximate surface area is 169 Å². The Morgan fingerprint density at radius 1 is 0.964 bits per heavy atom. The van der Waals surface area contributed by atoms with Crippen LogP contribution in [-0.2, 0) is 10.0 Å². The first-order chi connectivity index (χ1) is 13.6. The fourth-order valence-corrected chi connectivity index (χ4v) is 6.39. The zero-order valence-corrected chi connectivity index (χ0v) is 17.3. The summed E-state index contributed by atoms with van der Waals surface area (Å²) in [6.07, 6.45) is 4.06. The lowest BCUT2D eigenvalue weighted by atomic mass is 10.2. The maximum Gasteiger partial charge on any atom is 0.252 e. The van der Waals surface area contributed by atoms with Gasteiger partial charge in [-0.05, 0) is 43.2 Å². The molecule has 3 aromatic rings. The number of para-hydroxylation sites is 1. The molecule has 4 rings (SSSR count). The van der Waals surface area contributed by atoms with Crippen LogP contribution in [0.1, 0.15) is 12.0 Å². The minimum Gasteiger partial charge on any atom is -0.370 e. The zero-order valence-electron chi connectivity index (χ0n) is 15.7. The first kappa shape index (κ1) is 19.0. The van der Waals surface area contributed by atoms with Crippen molar-refractivity contribution in [2.75, 3.05) is 31.1 Å². The van der Waals surface area contributed by atoms with Crippen molar-refractivity contribution in [1.82, 2.24) is 14.5 Å². The molecule has 0 N–H and O–H groups in total. The number of benzene rings is 1. The van der Waals surface area contributed by atoms with E-state index in [1.165, 1.54) is 22.6 Å². The van der Waals surface area contributed by atoms with E-state index in [0.717, 1.165) is 23.4 Å². The summed E-state index contributed by atoms with van der Waals surface area (Å²) in [5.74, 6) is 0. The highest BCUT2D eigenvalue weighted by molar-refractivity contribution is 7.91. The summed E-state index contributed by atoms with van der Waals surface area (Å²) >= 11 is 1.28. The summed E-state index contributed by atoms with van der Waals surface area (Å²) in [4.78, 5) is 3.16. The lowest BCUT2D eigenvalue weighted by molar-refractivity contribution is 0.434. The molecule has 3 heterocycles. The Morgan fingerprint density at radius 3 is 2.61 bits per heavy atom. The minimum absolute atomic E-state index is 0.378. The van der Waals surface area contributed by atoms with E-state index < -0.39 is 10.0 Å². The zero-order chi connectivity index (χ0) is 19.6. The van der Waals surface area contributed by atoms with Crippen LogP contribution in [0.4, 0.5) is 5.69 Å². The summed E-state index contributed by atoms with van der Waals surface area (Å²) in [6, 6.07) is 13.6. The van der Waals surface area contributed by atoms with Crippen molar-refractivity contribution in [2.45, 2.75) is 17.6 Å². The number of anilines is 1. The first-order valence-electron chi connectivity index (χ1n) is 9.23. The first-order valence-corrected chi connectivity index (χ1v) is 11.5. The van der Waals surface area contributed by atoms with E-state index in [-0.39, 0.29) is 0 Å². The molecule has 6 nitrogen and oxygen atoms in total. The van der Waals surface area contributed by atoms with Gasteiger partial charge < -0.3 is 4.90 Å². The van der Waals surface area contributed by atoms with Crippen LogP contribution in [0.2, 0.25) is 0 Å². The Hall–Kier alpha value is -2.29. The van der Waals surface area contributed by atoms with Crippen molar-refractivity contribution in [3.8, 4) is 10.4 Å². The monoisotopic (exact) mass is 414 g/mol. The third-order valence-electron chi connectivity index (χ3n) is 4.96. The second-order valence-electron chi connectivity index (χ2n) is 6.78. The van der Waals surface area contributed by atoms with Crippen LogP contribution in [0, 0.1) is 6.92 Å². The van der Waals surface area contributed by atoms with Crippen LogP contribution in [0.15, 0.2) is 59.1 Å². The fourth-order valence-electron chi connectivity index (χ4n) is 3.47. The van der Waals surface area contributed by atoms with Crippen molar-refractivity contribution in [2.24, 2.45) is 0 Å². The predicted molar refractivity (Wildman–Crippen MR) is 112 cm³/mol. The van der Waals surface area contributed by atoms with Crippen LogP contribution in [0.3, 0.4) is 0 Å². The summed E-state index contributed by atoms with van der Waals surface area (Å²) < 4.78 is 28.4. The summed E-state index contributed by atoms with van der Waals surface area (Å²) in [7, 11) is -3.50. The molecule has 1 fully saturated rings. The fraction of sp³-hybridized carbons (Fsp3) is 0.300. The molecule has 1 aliphatic rings. The second-order valence-corrected chi connectivity index (χ2v) is 10.0. The summed E-state index contributed by atoms with van der Waals surface area (Å²) in [6.45, 7) is 4.66. The Kier molecular flexibility index (Phi) is 5.43. The molecule has 1 aliphatic heterocycles. The van der Waals surface area contributed by atoms with E-state index in [9.17, 15) is 8.42 Å². The maximum absolute atomic E-state index is 13.2. The van der Waals surface area contributed by atoms with Gasteiger partial charge in [0.1, 0.15) is 4.21 Å². The molecule has 1 saturated heterocycles. The number of hydrogen-bond acceptors (Lipinski definition) is 6. The smallest absolute Gasteiger partial charge is 0.252 e. The molecule has 8 heteroatoms. The van der Waals surface area contributed by atoms with Gasteiger partial charge >= 0.3 is 0 Å². The molecule has 0 unspecified atom stereocenters. The maximum atomic E-state index is 13.2. The average Bonchev–Trinajstić information content (AvgIpc) is 3.09. The molecule has 0 saturated carbocycles. The largest absolute Gasteiger partial charge is 0.370 e. The van der Waals surface area contributed by atoms with E-state index in [1.54, 1.807) is 22.8 Å². The molecule has 0 amide bonds. The Bertz CT molecular complexity index is 1050. The van der Waals surface area contributed by atoms with Crippen LogP contribution >= 0.6 is 11.3 Å². The highest BCUT2D eigenvalue weighted by Gasteiger charge is 2.28. The highest BCUT2D eigenvalue weighted by atomic mass is 32.2. The number of aromatic nitrogens is 2. The number of thiophene rings is 1. The second kappa shape index (κ2) is 7.98. The minimum atomic E-state index is -3.50. The Balaban J connectivity index is 1.52. The lowest BCUT2D eigenvalue weighted by Gasteiger charge is -2.25. The standard InChI is InChI=1S/C20H22N4O2S2/c1-16-5-2-3-6-18(16)23-11-4-12-24(14-13-23)28(25,26)20-8-7-19(27-20)17-9-10-21-22-15-17/h2-3,5-10,15H,4,11-14H2,1H3. The quantitative estimate of drug-likeness (QED) is 0.654. The number of hydrogen-bond donors (Lipinski definition) is 0. The SMILES string of the molecule is Cc1ccccc1N1CCCN(S(=O)(=O)c2ccc(-c3ccnnc3)s2)CC1. The van der Waals surface area contributed by atoms with Gasteiger partial charge in [0, 0.05) is 42.3 Å². The number of aryl methyl sites for hydroxylation is 1. The number of nitrogens with zero attached hydrogens (tertiary/aromatic N) is 4. The van der Waals surface area contributed by atoms with Gasteiger partial charge in [0.25, 0.3) is 10.0 Å². The topological polar surface area (TPSA) is 66.4 Å². The van der Waals surface area contributed by atoms with Crippen LogP contribution in [0.5, 0.6) is 0 Å². The molecular formula is C20H22N4O2S2. The number of rotatable bonds is 4. The molecule has 0 aliphatic carbocycles. The molecule has 1 aromatic carbocycles. The van der Waals surface area contributed by atoms with Gasteiger partial charge in [0.2, 0.25) is 0 Å². The van der Waals surface area contributed by atoms with Crippen molar-refractivity contribution >= 4 is 27.0 Å². The van der Waals surface area contributed by atoms with Gasteiger partial charge in [0.15, 0.2) is 0 Å². The molecule has 0 atom stereocenters. The van der Waals surface area contributed by atoms with E-state index in [4.69, 9.17) is 0 Å². The van der Waals surface area contributed by atoms with Gasteiger partial charge in [-0.15, -0.1) is 11.3 Å². The predicted octanol–water partition coefficient (Wildman–Crippen LogP) is 3.41. The van der Waals surface area contributed by atoms with E-state index in [1.807, 2.05) is 24.3 Å². The van der Waals surface area contributed by atoms with Crippen LogP contribution in [-0.4, -0.2) is 49.1 Å². The molecule has 28 heavy (non-hydrogen) atoms. The van der Waals surface area contributed by atoms with E-state index in [0.29, 0.717) is 23.8 Å². The third-order valence-corrected chi connectivity index (χ3v) is 8.46. The van der Waals surface area contributed by atoms with E-state index >= 15 is 0 Å². The van der Waals surface area contributed by atoms with Gasteiger partial charge in [-0.1, -0.05) is 18.2 Å². The molecule has 2 aromatic heterocycles. The van der Waals surface area contributed by atoms with Crippen LogP contribution in [0.25, 0.3) is 10.4 Å². The molecule has 0 radical (unpaired) electrons. The van der Waals surface area contributed by atoms with Crippen molar-refractivity contribution < 1.29 is 8.42 Å². The molecule has 0 spiro atoms. The lowest BCUT2D eigenvalue weighted by Crippen LogP contribution is -2.35. The van der Waals surface area contributed by atoms with Crippen molar-refractivity contribution in [1.29, 1.82) is 0 Å². The summed E-state index contributed by atoms with van der Waals surface area (Å²) in [5, 5.41) is 7.64. The normalized spacial score (nSPS) is 16.1. The average molecular weight is 415 g/mol.